The third kappa shape index (κ3) is 3.55. The van der Waals surface area contributed by atoms with Crippen molar-refractivity contribution in [3.8, 4) is 11.3 Å². The average Bonchev–Trinajstić information content (AvgIpc) is 2.49. The van der Waals surface area contributed by atoms with Gasteiger partial charge in [0.15, 0.2) is 0 Å². The first-order chi connectivity index (χ1) is 9.76. The van der Waals surface area contributed by atoms with Gasteiger partial charge in [0.1, 0.15) is 11.6 Å². The largest absolute Gasteiger partial charge is 0.381 e. The van der Waals surface area contributed by atoms with Crippen LogP contribution in [0.4, 0.5) is 5.82 Å². The summed E-state index contributed by atoms with van der Waals surface area (Å²) in [6, 6.07) is 10.1. The number of nitrogens with zero attached hydrogens (tertiary/aromatic N) is 2. The molecule has 0 saturated carbocycles. The van der Waals surface area contributed by atoms with Crippen molar-refractivity contribution >= 4 is 21.7 Å². The van der Waals surface area contributed by atoms with Gasteiger partial charge >= 0.3 is 0 Å². The van der Waals surface area contributed by atoms with Crippen molar-refractivity contribution in [2.24, 2.45) is 0 Å². The van der Waals surface area contributed by atoms with E-state index in [-0.39, 0.29) is 0 Å². The highest BCUT2D eigenvalue weighted by Crippen LogP contribution is 2.31. The summed E-state index contributed by atoms with van der Waals surface area (Å²) in [7, 11) is 1.86. The number of aromatic nitrogens is 2. The Labute approximate surface area is 127 Å². The standard InChI is InChI=1S/C15H18BrN3O/c1-3-20-10-9-12-18-14(11-7-5-4-6-8-11)13(16)15(17-2)19-12/h4-8H,3,9-10H2,1-2H3,(H,17,18,19). The van der Waals surface area contributed by atoms with Crippen molar-refractivity contribution in [3.63, 3.8) is 0 Å². The molecular formula is C15H18BrN3O. The second-order valence-corrected chi connectivity index (χ2v) is 5.01. The molecule has 106 valence electrons. The lowest BCUT2D eigenvalue weighted by Crippen LogP contribution is -2.07. The quantitative estimate of drug-likeness (QED) is 0.820. The minimum absolute atomic E-state index is 0.634. The Morgan fingerprint density at radius 2 is 1.95 bits per heavy atom. The summed E-state index contributed by atoms with van der Waals surface area (Å²) in [6.45, 7) is 3.33. The third-order valence-corrected chi connectivity index (χ3v) is 3.61. The second kappa shape index (κ2) is 7.36. The van der Waals surface area contributed by atoms with Crippen molar-refractivity contribution < 1.29 is 4.74 Å². The zero-order valence-electron chi connectivity index (χ0n) is 11.7. The number of halogens is 1. The highest BCUT2D eigenvalue weighted by molar-refractivity contribution is 9.10. The van der Waals surface area contributed by atoms with Crippen LogP contribution < -0.4 is 5.32 Å². The molecule has 0 aliphatic carbocycles. The van der Waals surface area contributed by atoms with E-state index in [4.69, 9.17) is 4.74 Å². The van der Waals surface area contributed by atoms with E-state index in [1.165, 1.54) is 0 Å². The van der Waals surface area contributed by atoms with Gasteiger partial charge < -0.3 is 10.1 Å². The number of anilines is 1. The molecule has 2 aromatic rings. The molecule has 1 N–H and O–H groups in total. The van der Waals surface area contributed by atoms with E-state index >= 15 is 0 Å². The van der Waals surface area contributed by atoms with E-state index in [1.807, 2.05) is 44.3 Å². The van der Waals surface area contributed by atoms with Crippen LogP contribution in [0.25, 0.3) is 11.3 Å². The van der Waals surface area contributed by atoms with Crippen LogP contribution >= 0.6 is 15.9 Å². The molecular weight excluding hydrogens is 318 g/mol. The van der Waals surface area contributed by atoms with Gasteiger partial charge in [-0.25, -0.2) is 9.97 Å². The van der Waals surface area contributed by atoms with Gasteiger partial charge in [0.25, 0.3) is 0 Å². The van der Waals surface area contributed by atoms with Gasteiger partial charge in [-0.2, -0.15) is 0 Å². The van der Waals surface area contributed by atoms with Crippen LogP contribution in [0.15, 0.2) is 34.8 Å². The van der Waals surface area contributed by atoms with E-state index in [9.17, 15) is 0 Å². The third-order valence-electron chi connectivity index (χ3n) is 2.86. The first kappa shape index (κ1) is 14.9. The monoisotopic (exact) mass is 335 g/mol. The van der Waals surface area contributed by atoms with Gasteiger partial charge in [0.05, 0.1) is 16.8 Å². The molecule has 2 rings (SSSR count). The predicted octanol–water partition coefficient (Wildman–Crippen LogP) is 3.53. The van der Waals surface area contributed by atoms with Crippen molar-refractivity contribution in [2.75, 3.05) is 25.6 Å². The summed E-state index contributed by atoms with van der Waals surface area (Å²) >= 11 is 3.58. The van der Waals surface area contributed by atoms with E-state index in [0.717, 1.165) is 27.4 Å². The van der Waals surface area contributed by atoms with Gasteiger partial charge in [0, 0.05) is 25.6 Å². The number of ether oxygens (including phenoxy) is 1. The summed E-state index contributed by atoms with van der Waals surface area (Å²) < 4.78 is 6.26. The maximum Gasteiger partial charge on any atom is 0.144 e. The molecule has 0 saturated heterocycles. The van der Waals surface area contributed by atoms with Gasteiger partial charge in [0.2, 0.25) is 0 Å². The van der Waals surface area contributed by atoms with Crippen LogP contribution in [0.5, 0.6) is 0 Å². The molecule has 0 amide bonds. The Bertz CT molecular complexity index is 561. The highest BCUT2D eigenvalue weighted by Gasteiger charge is 2.12. The molecule has 5 heteroatoms. The summed E-state index contributed by atoms with van der Waals surface area (Å²) in [6.07, 6.45) is 0.704. The number of nitrogens with one attached hydrogen (secondary N) is 1. The molecule has 0 unspecified atom stereocenters. The smallest absolute Gasteiger partial charge is 0.144 e. The zero-order valence-corrected chi connectivity index (χ0v) is 13.3. The molecule has 0 aliphatic rings. The lowest BCUT2D eigenvalue weighted by molar-refractivity contribution is 0.149. The van der Waals surface area contributed by atoms with Crippen LogP contribution in [0.2, 0.25) is 0 Å². The summed E-state index contributed by atoms with van der Waals surface area (Å²) in [5, 5.41) is 3.10. The highest BCUT2D eigenvalue weighted by atomic mass is 79.9. The fourth-order valence-corrected chi connectivity index (χ4v) is 2.47. The lowest BCUT2D eigenvalue weighted by atomic mass is 10.1. The normalized spacial score (nSPS) is 10.6. The average molecular weight is 336 g/mol. The predicted molar refractivity (Wildman–Crippen MR) is 84.9 cm³/mol. The number of hydrogen-bond acceptors (Lipinski definition) is 4. The fourth-order valence-electron chi connectivity index (χ4n) is 1.87. The maximum absolute atomic E-state index is 5.37. The Kier molecular flexibility index (Phi) is 5.49. The topological polar surface area (TPSA) is 47.0 Å². The Hall–Kier alpha value is -1.46. The first-order valence-corrected chi connectivity index (χ1v) is 7.43. The molecule has 20 heavy (non-hydrogen) atoms. The van der Waals surface area contributed by atoms with Crippen LogP contribution in [0.1, 0.15) is 12.7 Å². The molecule has 0 aliphatic heterocycles. The first-order valence-electron chi connectivity index (χ1n) is 6.63. The van der Waals surface area contributed by atoms with Crippen LogP contribution in [0, 0.1) is 0 Å². The molecule has 0 fully saturated rings. The molecule has 1 aromatic heterocycles. The molecule has 0 atom stereocenters. The van der Waals surface area contributed by atoms with Crippen molar-refractivity contribution in [1.82, 2.24) is 9.97 Å². The Morgan fingerprint density at radius 3 is 2.60 bits per heavy atom. The van der Waals surface area contributed by atoms with E-state index in [0.29, 0.717) is 19.6 Å². The fraction of sp³-hybridized carbons (Fsp3) is 0.333. The van der Waals surface area contributed by atoms with Gasteiger partial charge in [-0.1, -0.05) is 30.3 Å². The Morgan fingerprint density at radius 1 is 1.20 bits per heavy atom. The van der Waals surface area contributed by atoms with E-state index in [1.54, 1.807) is 0 Å². The van der Waals surface area contributed by atoms with Crippen LogP contribution in [-0.4, -0.2) is 30.2 Å². The number of rotatable bonds is 6. The van der Waals surface area contributed by atoms with Crippen molar-refractivity contribution in [1.29, 1.82) is 0 Å². The SMILES string of the molecule is CCOCCc1nc(NC)c(Br)c(-c2ccccc2)n1. The minimum atomic E-state index is 0.634. The van der Waals surface area contributed by atoms with Crippen molar-refractivity contribution in [2.45, 2.75) is 13.3 Å². The lowest BCUT2D eigenvalue weighted by Gasteiger charge is -2.11. The number of hydrogen-bond donors (Lipinski definition) is 1. The summed E-state index contributed by atoms with van der Waals surface area (Å²) in [4.78, 5) is 9.14. The molecule has 0 spiro atoms. The van der Waals surface area contributed by atoms with Gasteiger partial charge in [-0.15, -0.1) is 0 Å². The zero-order chi connectivity index (χ0) is 14.4. The maximum atomic E-state index is 5.37. The molecule has 0 bridgehead atoms. The summed E-state index contributed by atoms with van der Waals surface area (Å²) in [5.74, 6) is 1.58. The second-order valence-electron chi connectivity index (χ2n) is 4.21. The van der Waals surface area contributed by atoms with Crippen LogP contribution in [0.3, 0.4) is 0 Å². The molecule has 4 nitrogen and oxygen atoms in total. The van der Waals surface area contributed by atoms with E-state index < -0.39 is 0 Å². The van der Waals surface area contributed by atoms with E-state index in [2.05, 4.69) is 31.2 Å². The van der Waals surface area contributed by atoms with Gasteiger partial charge in [-0.3, -0.25) is 0 Å². The minimum Gasteiger partial charge on any atom is -0.381 e. The molecule has 1 aromatic carbocycles. The van der Waals surface area contributed by atoms with Crippen LogP contribution in [-0.2, 0) is 11.2 Å². The Balaban J connectivity index is 2.37. The summed E-state index contributed by atoms with van der Waals surface area (Å²) in [5.41, 5.74) is 1.97. The van der Waals surface area contributed by atoms with Gasteiger partial charge in [-0.05, 0) is 22.9 Å². The van der Waals surface area contributed by atoms with Crippen molar-refractivity contribution in [3.05, 3.63) is 40.6 Å². The molecule has 1 heterocycles. The number of benzene rings is 1. The molecule has 0 radical (unpaired) electrons.